The van der Waals surface area contributed by atoms with Crippen LogP contribution in [0.5, 0.6) is 0 Å². The van der Waals surface area contributed by atoms with Gasteiger partial charge in [0.25, 0.3) is 0 Å². The first-order valence-corrected chi connectivity index (χ1v) is 8.25. The number of carbonyl (C=O) groups excluding carboxylic acids is 1. The fourth-order valence-electron chi connectivity index (χ4n) is 2.22. The molecule has 6 nitrogen and oxygen atoms in total. The maximum Gasteiger partial charge on any atom is 0.314 e. The molecule has 0 saturated carbocycles. The van der Waals surface area contributed by atoms with Gasteiger partial charge in [-0.15, -0.1) is 0 Å². The molecule has 2 amide bonds. The Balaban J connectivity index is 1.97. The zero-order valence-corrected chi connectivity index (χ0v) is 12.2. The highest BCUT2D eigenvalue weighted by molar-refractivity contribution is 7.92. The van der Waals surface area contributed by atoms with Crippen LogP contribution in [-0.2, 0) is 16.4 Å². The summed E-state index contributed by atoms with van der Waals surface area (Å²) in [6, 6.07) is 7.16. The maximum absolute atomic E-state index is 12.3. The standard InChI is InChI=1S/C13H19N3O3S/c1-2-14-13(17)15-8-10-20(18,19)16-9-7-11-5-3-4-6-12(11)16/h3-6H,2,7-10H2,1H3,(H2,14,15,17). The van der Waals surface area contributed by atoms with Crippen LogP contribution in [0.15, 0.2) is 24.3 Å². The predicted octanol–water partition coefficient (Wildman–Crippen LogP) is 0.698. The molecule has 0 fully saturated rings. The number of carbonyl (C=O) groups is 1. The normalized spacial score (nSPS) is 13.9. The van der Waals surface area contributed by atoms with E-state index in [4.69, 9.17) is 0 Å². The van der Waals surface area contributed by atoms with Crippen LogP contribution in [0.3, 0.4) is 0 Å². The van der Waals surface area contributed by atoms with Gasteiger partial charge in [0.05, 0.1) is 11.4 Å². The molecule has 0 saturated heterocycles. The predicted molar refractivity (Wildman–Crippen MR) is 78.4 cm³/mol. The van der Waals surface area contributed by atoms with Crippen molar-refractivity contribution < 1.29 is 13.2 Å². The van der Waals surface area contributed by atoms with E-state index in [-0.39, 0.29) is 18.3 Å². The molecule has 0 atom stereocenters. The summed E-state index contributed by atoms with van der Waals surface area (Å²) in [5.74, 6) is -0.0987. The highest BCUT2D eigenvalue weighted by Crippen LogP contribution is 2.29. The van der Waals surface area contributed by atoms with Gasteiger partial charge >= 0.3 is 6.03 Å². The molecular weight excluding hydrogens is 278 g/mol. The Kier molecular flexibility index (Phi) is 4.49. The molecule has 1 aromatic carbocycles. The number of rotatable bonds is 5. The minimum Gasteiger partial charge on any atom is -0.338 e. The number of benzene rings is 1. The number of para-hydroxylation sites is 1. The van der Waals surface area contributed by atoms with E-state index in [2.05, 4.69) is 10.6 Å². The van der Waals surface area contributed by atoms with E-state index in [1.165, 1.54) is 4.31 Å². The van der Waals surface area contributed by atoms with Crippen LogP contribution in [0.4, 0.5) is 10.5 Å². The smallest absolute Gasteiger partial charge is 0.314 e. The largest absolute Gasteiger partial charge is 0.338 e. The van der Waals surface area contributed by atoms with Gasteiger partial charge in [0, 0.05) is 19.6 Å². The fraction of sp³-hybridized carbons (Fsp3) is 0.462. The van der Waals surface area contributed by atoms with Gasteiger partial charge in [-0.25, -0.2) is 13.2 Å². The molecule has 0 spiro atoms. The van der Waals surface area contributed by atoms with Crippen LogP contribution >= 0.6 is 0 Å². The van der Waals surface area contributed by atoms with E-state index in [1.807, 2.05) is 24.3 Å². The summed E-state index contributed by atoms with van der Waals surface area (Å²) in [5.41, 5.74) is 1.80. The summed E-state index contributed by atoms with van der Waals surface area (Å²) >= 11 is 0. The Hall–Kier alpha value is -1.76. The molecule has 0 bridgehead atoms. The van der Waals surface area contributed by atoms with Crippen LogP contribution in [0, 0.1) is 0 Å². The van der Waals surface area contributed by atoms with Gasteiger partial charge in [-0.2, -0.15) is 0 Å². The van der Waals surface area contributed by atoms with Crippen molar-refractivity contribution >= 4 is 21.7 Å². The number of nitrogens with one attached hydrogen (secondary N) is 2. The fourth-order valence-corrected chi connectivity index (χ4v) is 3.65. The summed E-state index contributed by atoms with van der Waals surface area (Å²) < 4.78 is 26.0. The molecule has 1 aliphatic rings. The lowest BCUT2D eigenvalue weighted by molar-refractivity contribution is 0.242. The molecule has 20 heavy (non-hydrogen) atoms. The van der Waals surface area contributed by atoms with Gasteiger partial charge in [0.15, 0.2) is 0 Å². The highest BCUT2D eigenvalue weighted by Gasteiger charge is 2.28. The molecule has 1 aromatic rings. The Morgan fingerprint density at radius 3 is 2.80 bits per heavy atom. The Labute approximate surface area is 119 Å². The maximum atomic E-state index is 12.3. The molecule has 110 valence electrons. The zero-order chi connectivity index (χ0) is 14.6. The van der Waals surface area contributed by atoms with Crippen molar-refractivity contribution in [3.63, 3.8) is 0 Å². The molecule has 2 rings (SSSR count). The van der Waals surface area contributed by atoms with Gasteiger partial charge in [-0.1, -0.05) is 18.2 Å². The third-order valence-corrected chi connectivity index (χ3v) is 4.93. The lowest BCUT2D eigenvalue weighted by atomic mass is 10.2. The van der Waals surface area contributed by atoms with Crippen LogP contribution < -0.4 is 14.9 Å². The highest BCUT2D eigenvalue weighted by atomic mass is 32.2. The van der Waals surface area contributed by atoms with E-state index in [1.54, 1.807) is 6.92 Å². The second-order valence-electron chi connectivity index (χ2n) is 4.55. The molecule has 1 aliphatic heterocycles. The second kappa shape index (κ2) is 6.13. The van der Waals surface area contributed by atoms with Crippen molar-refractivity contribution in [1.29, 1.82) is 0 Å². The second-order valence-corrected chi connectivity index (χ2v) is 6.57. The molecule has 0 unspecified atom stereocenters. The van der Waals surface area contributed by atoms with Crippen LogP contribution in [0.25, 0.3) is 0 Å². The first-order valence-electron chi connectivity index (χ1n) is 6.64. The van der Waals surface area contributed by atoms with E-state index in [0.717, 1.165) is 17.7 Å². The van der Waals surface area contributed by atoms with Crippen LogP contribution in [0.2, 0.25) is 0 Å². The number of urea groups is 1. The zero-order valence-electron chi connectivity index (χ0n) is 11.4. The summed E-state index contributed by atoms with van der Waals surface area (Å²) in [6.07, 6.45) is 0.735. The van der Waals surface area contributed by atoms with Crippen molar-refractivity contribution in [3.8, 4) is 0 Å². The minimum absolute atomic E-state index is 0.0987. The number of hydrogen-bond acceptors (Lipinski definition) is 3. The van der Waals surface area contributed by atoms with Crippen molar-refractivity contribution in [1.82, 2.24) is 10.6 Å². The number of sulfonamides is 1. The van der Waals surface area contributed by atoms with Gasteiger partial charge in [-0.05, 0) is 25.0 Å². The number of fused-ring (bicyclic) bond motifs is 1. The van der Waals surface area contributed by atoms with Crippen LogP contribution in [0.1, 0.15) is 12.5 Å². The third-order valence-electron chi connectivity index (χ3n) is 3.16. The number of nitrogens with zero attached hydrogens (tertiary/aromatic N) is 1. The average Bonchev–Trinajstić information content (AvgIpc) is 2.83. The SMILES string of the molecule is CCNC(=O)NCCS(=O)(=O)N1CCc2ccccc21. The Bertz CT molecular complexity index is 586. The number of anilines is 1. The summed E-state index contributed by atoms with van der Waals surface area (Å²) in [5, 5.41) is 5.09. The Morgan fingerprint density at radius 1 is 1.30 bits per heavy atom. The van der Waals surface area contributed by atoms with E-state index >= 15 is 0 Å². The third kappa shape index (κ3) is 3.22. The first kappa shape index (κ1) is 14.6. The van der Waals surface area contributed by atoms with E-state index in [9.17, 15) is 13.2 Å². The molecule has 7 heteroatoms. The van der Waals surface area contributed by atoms with Crippen LogP contribution in [-0.4, -0.2) is 39.8 Å². The van der Waals surface area contributed by atoms with Crippen molar-refractivity contribution in [2.75, 3.05) is 29.7 Å². The first-order chi connectivity index (χ1) is 9.54. The van der Waals surface area contributed by atoms with Gasteiger partial charge < -0.3 is 10.6 Å². The quantitative estimate of drug-likeness (QED) is 0.839. The van der Waals surface area contributed by atoms with Gasteiger partial charge in [-0.3, -0.25) is 4.31 Å². The van der Waals surface area contributed by atoms with Gasteiger partial charge in [0.2, 0.25) is 10.0 Å². The van der Waals surface area contributed by atoms with E-state index in [0.29, 0.717) is 13.1 Å². The molecular formula is C13H19N3O3S. The lowest BCUT2D eigenvalue weighted by Gasteiger charge is -2.19. The molecule has 0 aromatic heterocycles. The van der Waals surface area contributed by atoms with Crippen molar-refractivity contribution in [2.24, 2.45) is 0 Å². The lowest BCUT2D eigenvalue weighted by Crippen LogP contribution is -2.40. The van der Waals surface area contributed by atoms with E-state index < -0.39 is 10.0 Å². The average molecular weight is 297 g/mol. The summed E-state index contributed by atoms with van der Waals surface area (Å²) in [4.78, 5) is 11.2. The summed E-state index contributed by atoms with van der Waals surface area (Å²) in [6.45, 7) is 2.89. The van der Waals surface area contributed by atoms with Crippen molar-refractivity contribution in [3.05, 3.63) is 29.8 Å². The number of hydrogen-bond donors (Lipinski definition) is 2. The summed E-state index contributed by atoms with van der Waals surface area (Å²) in [7, 11) is -3.39. The van der Waals surface area contributed by atoms with Gasteiger partial charge in [0.1, 0.15) is 0 Å². The molecule has 0 radical (unpaired) electrons. The molecule has 2 N–H and O–H groups in total. The molecule has 1 heterocycles. The molecule has 0 aliphatic carbocycles. The van der Waals surface area contributed by atoms with Crippen molar-refractivity contribution in [2.45, 2.75) is 13.3 Å². The number of amides is 2. The monoisotopic (exact) mass is 297 g/mol. The minimum atomic E-state index is -3.39. The topological polar surface area (TPSA) is 78.5 Å². The Morgan fingerprint density at radius 2 is 2.05 bits per heavy atom.